The molecule has 2 aliphatic heterocycles. The second kappa shape index (κ2) is 9.85. The summed E-state index contributed by atoms with van der Waals surface area (Å²) >= 11 is 0. The molecule has 0 N–H and O–H groups in total. The number of hydrogen-bond donors (Lipinski definition) is 0. The van der Waals surface area contributed by atoms with Crippen LogP contribution in [0.5, 0.6) is 0 Å². The number of urea groups is 1. The van der Waals surface area contributed by atoms with Gasteiger partial charge in [0.05, 0.1) is 11.4 Å². The topological polar surface area (TPSA) is 94.1 Å². The molecule has 1 aliphatic carbocycles. The molecule has 0 unspecified atom stereocenters. The highest BCUT2D eigenvalue weighted by Crippen LogP contribution is 2.32. The summed E-state index contributed by atoms with van der Waals surface area (Å²) in [6.07, 6.45) is 6.39. The van der Waals surface area contributed by atoms with Gasteiger partial charge >= 0.3 is 6.03 Å². The van der Waals surface area contributed by atoms with Gasteiger partial charge in [0, 0.05) is 38.4 Å². The zero-order valence-electron chi connectivity index (χ0n) is 19.7. The molecule has 3 fully saturated rings. The first-order chi connectivity index (χ1) is 17.0. The lowest BCUT2D eigenvalue weighted by Crippen LogP contribution is -2.56. The monoisotopic (exact) mass is 497 g/mol. The van der Waals surface area contributed by atoms with Crippen molar-refractivity contribution in [3.8, 4) is 0 Å². The normalized spacial score (nSPS) is 22.1. The van der Waals surface area contributed by atoms with E-state index in [1.165, 1.54) is 12.1 Å². The zero-order chi connectivity index (χ0) is 24.4. The lowest BCUT2D eigenvalue weighted by molar-refractivity contribution is -0.136. The number of nitrogens with zero attached hydrogens (tertiary/aromatic N) is 5. The molecule has 5 rings (SSSR count). The SMILES string of the molecule is O=C([C@@H]1CN(S(=O)(=O)c2ccccc2)C(=O)N1C1CCCCC1)N1CCN(c2ccccn2)CC1. The summed E-state index contributed by atoms with van der Waals surface area (Å²) in [6, 6.07) is 12.2. The van der Waals surface area contributed by atoms with Crippen molar-refractivity contribution in [1.82, 2.24) is 19.1 Å². The standard InChI is InChI=1S/C25H31N5O4S/c31-24(28-17-15-27(16-18-28)23-13-7-8-14-26-23)22-19-29(35(33,34)21-11-5-2-6-12-21)25(32)30(22)20-9-3-1-4-10-20/h2,5-8,11-14,20,22H,1,3-4,9-10,15-19H2/t22-/m0/s1. The minimum Gasteiger partial charge on any atom is -0.353 e. The lowest BCUT2D eigenvalue weighted by atomic mass is 9.93. The van der Waals surface area contributed by atoms with Crippen molar-refractivity contribution in [3.63, 3.8) is 0 Å². The Hall–Kier alpha value is -3.14. The molecule has 10 heteroatoms. The first kappa shape index (κ1) is 23.6. The van der Waals surface area contributed by atoms with Gasteiger partial charge in [-0.15, -0.1) is 0 Å². The number of hydrogen-bond acceptors (Lipinski definition) is 6. The van der Waals surface area contributed by atoms with Gasteiger partial charge in [-0.25, -0.2) is 22.5 Å². The molecule has 0 radical (unpaired) electrons. The summed E-state index contributed by atoms with van der Waals surface area (Å²) in [5.41, 5.74) is 0. The van der Waals surface area contributed by atoms with Crippen LogP contribution in [0, 0.1) is 0 Å². The quantitative estimate of drug-likeness (QED) is 0.630. The van der Waals surface area contributed by atoms with E-state index in [-0.39, 0.29) is 23.4 Å². The summed E-state index contributed by atoms with van der Waals surface area (Å²) < 4.78 is 27.6. The Morgan fingerprint density at radius 3 is 2.23 bits per heavy atom. The van der Waals surface area contributed by atoms with Crippen molar-refractivity contribution in [1.29, 1.82) is 0 Å². The van der Waals surface area contributed by atoms with E-state index >= 15 is 0 Å². The van der Waals surface area contributed by atoms with Gasteiger partial charge in [0.25, 0.3) is 10.0 Å². The van der Waals surface area contributed by atoms with E-state index in [9.17, 15) is 18.0 Å². The Morgan fingerprint density at radius 2 is 1.57 bits per heavy atom. The lowest BCUT2D eigenvalue weighted by Gasteiger charge is -2.39. The Kier molecular flexibility index (Phi) is 6.64. The van der Waals surface area contributed by atoms with E-state index in [2.05, 4.69) is 9.88 Å². The predicted molar refractivity (Wildman–Crippen MR) is 131 cm³/mol. The second-order valence-electron chi connectivity index (χ2n) is 9.35. The summed E-state index contributed by atoms with van der Waals surface area (Å²) in [4.78, 5) is 37.2. The Bertz CT molecular complexity index is 1150. The number of anilines is 1. The number of aromatic nitrogens is 1. The number of carbonyl (C=O) groups is 2. The van der Waals surface area contributed by atoms with Gasteiger partial charge in [-0.3, -0.25) is 4.79 Å². The molecule has 1 saturated carbocycles. The zero-order valence-corrected chi connectivity index (χ0v) is 20.5. The minimum atomic E-state index is -4.05. The Balaban J connectivity index is 1.37. The van der Waals surface area contributed by atoms with Crippen LogP contribution in [0.2, 0.25) is 0 Å². The minimum absolute atomic E-state index is 0.0639. The number of sulfonamides is 1. The number of rotatable bonds is 5. The third-order valence-corrected chi connectivity index (χ3v) is 9.01. The van der Waals surface area contributed by atoms with Crippen molar-refractivity contribution in [2.45, 2.75) is 49.1 Å². The van der Waals surface area contributed by atoms with Crippen LogP contribution in [-0.4, -0.2) is 84.3 Å². The van der Waals surface area contributed by atoms with Gasteiger partial charge in [-0.05, 0) is 37.1 Å². The molecule has 0 spiro atoms. The fourth-order valence-electron chi connectivity index (χ4n) is 5.38. The largest absolute Gasteiger partial charge is 0.353 e. The summed E-state index contributed by atoms with van der Waals surface area (Å²) in [5.74, 6) is 0.704. The van der Waals surface area contributed by atoms with Crippen molar-refractivity contribution in [2.24, 2.45) is 0 Å². The van der Waals surface area contributed by atoms with Crippen LogP contribution in [0.1, 0.15) is 32.1 Å². The first-order valence-electron chi connectivity index (χ1n) is 12.3. The van der Waals surface area contributed by atoms with Crippen LogP contribution in [0.25, 0.3) is 0 Å². The molecule has 3 heterocycles. The maximum absolute atomic E-state index is 13.7. The second-order valence-corrected chi connectivity index (χ2v) is 11.2. The van der Waals surface area contributed by atoms with E-state index in [0.717, 1.165) is 42.2 Å². The third-order valence-electron chi connectivity index (χ3n) is 7.26. The summed E-state index contributed by atoms with van der Waals surface area (Å²) in [7, 11) is -4.05. The van der Waals surface area contributed by atoms with E-state index in [1.807, 2.05) is 18.2 Å². The molecule has 2 aromatic rings. The number of piperazine rings is 1. The molecule has 2 saturated heterocycles. The van der Waals surface area contributed by atoms with Crippen molar-refractivity contribution in [2.75, 3.05) is 37.6 Å². The Labute approximate surface area is 206 Å². The molecule has 3 aliphatic rings. The van der Waals surface area contributed by atoms with Crippen molar-refractivity contribution >= 4 is 27.8 Å². The number of pyridine rings is 1. The van der Waals surface area contributed by atoms with Gasteiger partial charge in [0.1, 0.15) is 11.9 Å². The van der Waals surface area contributed by atoms with Crippen LogP contribution < -0.4 is 4.90 Å². The highest BCUT2D eigenvalue weighted by atomic mass is 32.2. The fraction of sp³-hybridized carbons (Fsp3) is 0.480. The van der Waals surface area contributed by atoms with E-state index in [1.54, 1.807) is 34.2 Å². The van der Waals surface area contributed by atoms with Crippen LogP contribution in [0.4, 0.5) is 10.6 Å². The van der Waals surface area contributed by atoms with Gasteiger partial charge in [-0.2, -0.15) is 0 Å². The molecule has 1 aromatic heterocycles. The average Bonchev–Trinajstić information content (AvgIpc) is 3.27. The molecule has 186 valence electrons. The molecule has 35 heavy (non-hydrogen) atoms. The van der Waals surface area contributed by atoms with Crippen LogP contribution >= 0.6 is 0 Å². The Morgan fingerprint density at radius 1 is 0.886 bits per heavy atom. The van der Waals surface area contributed by atoms with E-state index in [4.69, 9.17) is 0 Å². The summed E-state index contributed by atoms with van der Waals surface area (Å²) in [5, 5.41) is 0. The van der Waals surface area contributed by atoms with E-state index < -0.39 is 22.1 Å². The fourth-order valence-corrected chi connectivity index (χ4v) is 6.77. The number of amides is 3. The molecular weight excluding hydrogens is 466 g/mol. The van der Waals surface area contributed by atoms with Crippen molar-refractivity contribution < 1.29 is 18.0 Å². The van der Waals surface area contributed by atoms with Gasteiger partial charge in [-0.1, -0.05) is 43.5 Å². The van der Waals surface area contributed by atoms with Crippen LogP contribution in [0.15, 0.2) is 59.6 Å². The van der Waals surface area contributed by atoms with Crippen LogP contribution in [0.3, 0.4) is 0 Å². The number of carbonyl (C=O) groups excluding carboxylic acids is 2. The molecule has 1 atom stereocenters. The molecule has 3 amide bonds. The highest BCUT2D eigenvalue weighted by Gasteiger charge is 2.50. The molecular formula is C25H31N5O4S. The number of benzene rings is 1. The molecule has 9 nitrogen and oxygen atoms in total. The predicted octanol–water partition coefficient (Wildman–Crippen LogP) is 2.56. The molecule has 1 aromatic carbocycles. The van der Waals surface area contributed by atoms with Gasteiger partial charge < -0.3 is 14.7 Å². The highest BCUT2D eigenvalue weighted by molar-refractivity contribution is 7.89. The first-order valence-corrected chi connectivity index (χ1v) is 13.8. The maximum Gasteiger partial charge on any atom is 0.335 e. The third kappa shape index (κ3) is 4.59. The van der Waals surface area contributed by atoms with Crippen molar-refractivity contribution in [3.05, 3.63) is 54.7 Å². The van der Waals surface area contributed by atoms with E-state index in [0.29, 0.717) is 26.2 Å². The van der Waals surface area contributed by atoms with Crippen LogP contribution in [-0.2, 0) is 14.8 Å². The van der Waals surface area contributed by atoms with Gasteiger partial charge in [0.15, 0.2) is 0 Å². The average molecular weight is 498 g/mol. The smallest absolute Gasteiger partial charge is 0.335 e. The molecule has 0 bridgehead atoms. The van der Waals surface area contributed by atoms with Gasteiger partial charge in [0.2, 0.25) is 5.91 Å². The maximum atomic E-state index is 13.7. The summed E-state index contributed by atoms with van der Waals surface area (Å²) in [6.45, 7) is 2.14.